The number of ether oxygens (including phenoxy) is 5. The minimum atomic E-state index is -1.07. The van der Waals surface area contributed by atoms with Crippen LogP contribution in [0.3, 0.4) is 0 Å². The van der Waals surface area contributed by atoms with E-state index in [4.69, 9.17) is 23.7 Å². The van der Waals surface area contributed by atoms with Crippen molar-refractivity contribution in [3.8, 4) is 0 Å². The molecule has 0 saturated carbocycles. The second kappa shape index (κ2) is 6.94. The van der Waals surface area contributed by atoms with Crippen LogP contribution in [0.15, 0.2) is 30.3 Å². The third-order valence-corrected chi connectivity index (χ3v) is 3.92. The number of rotatable bonds is 3. The largest absolute Gasteiger partial charge is 0.454 e. The van der Waals surface area contributed by atoms with Crippen LogP contribution in [-0.4, -0.2) is 55.5 Å². The third kappa shape index (κ3) is 3.39. The van der Waals surface area contributed by atoms with E-state index in [1.165, 1.54) is 14.0 Å². The summed E-state index contributed by atoms with van der Waals surface area (Å²) >= 11 is 0. The lowest BCUT2D eigenvalue weighted by atomic mass is 9.97. The first-order valence-corrected chi connectivity index (χ1v) is 7.45. The SMILES string of the molecule is CO[C@@H]1O[C@@H]2COC(c3ccccc3)O[C@H]2[C@H](O)[C@H]1OC(C)=O. The van der Waals surface area contributed by atoms with Crippen LogP contribution in [0.25, 0.3) is 0 Å². The summed E-state index contributed by atoms with van der Waals surface area (Å²) in [7, 11) is 1.42. The molecule has 2 aliphatic heterocycles. The van der Waals surface area contributed by atoms with Crippen molar-refractivity contribution in [1.29, 1.82) is 0 Å². The van der Waals surface area contributed by atoms with Crippen LogP contribution in [0.1, 0.15) is 18.8 Å². The summed E-state index contributed by atoms with van der Waals surface area (Å²) in [5.74, 6) is -0.523. The highest BCUT2D eigenvalue weighted by Gasteiger charge is 2.51. The standard InChI is InChI=1S/C16H20O7/c1-9(17)21-14-12(18)13-11(22-16(14)19-2)8-20-15(23-13)10-6-4-3-5-7-10/h3-7,11-16,18H,8H2,1-2H3/t11-,12+,13-,14-,15?,16-/m1/s1. The molecular formula is C16H20O7. The Labute approximate surface area is 134 Å². The highest BCUT2D eigenvalue weighted by Crippen LogP contribution is 2.35. The molecule has 3 rings (SSSR count). The van der Waals surface area contributed by atoms with Gasteiger partial charge < -0.3 is 28.8 Å². The smallest absolute Gasteiger partial charge is 0.303 e. The average Bonchev–Trinajstić information content (AvgIpc) is 2.57. The maximum atomic E-state index is 11.3. The fourth-order valence-corrected chi connectivity index (χ4v) is 2.85. The van der Waals surface area contributed by atoms with Gasteiger partial charge in [0.2, 0.25) is 0 Å². The molecule has 6 atom stereocenters. The van der Waals surface area contributed by atoms with Gasteiger partial charge >= 0.3 is 5.97 Å². The number of benzene rings is 1. The molecule has 7 nitrogen and oxygen atoms in total. The molecule has 1 aromatic carbocycles. The quantitative estimate of drug-likeness (QED) is 0.822. The summed E-state index contributed by atoms with van der Waals surface area (Å²) in [6, 6.07) is 9.41. The van der Waals surface area contributed by atoms with Gasteiger partial charge in [0.1, 0.15) is 18.3 Å². The van der Waals surface area contributed by atoms with E-state index in [1.807, 2.05) is 30.3 Å². The summed E-state index contributed by atoms with van der Waals surface area (Å²) in [5, 5.41) is 10.6. The first-order chi connectivity index (χ1) is 11.1. The van der Waals surface area contributed by atoms with Crippen LogP contribution in [0.2, 0.25) is 0 Å². The Bertz CT molecular complexity index is 534. The number of esters is 1. The number of aliphatic hydroxyl groups is 1. The van der Waals surface area contributed by atoms with Crippen LogP contribution in [0, 0.1) is 0 Å². The molecule has 126 valence electrons. The molecule has 0 bridgehead atoms. The summed E-state index contributed by atoms with van der Waals surface area (Å²) in [6.45, 7) is 1.51. The van der Waals surface area contributed by atoms with E-state index < -0.39 is 43.0 Å². The van der Waals surface area contributed by atoms with E-state index in [-0.39, 0.29) is 6.61 Å². The van der Waals surface area contributed by atoms with E-state index in [0.29, 0.717) is 0 Å². The zero-order chi connectivity index (χ0) is 16.4. The van der Waals surface area contributed by atoms with E-state index in [1.54, 1.807) is 0 Å². The maximum absolute atomic E-state index is 11.3. The first-order valence-electron chi connectivity index (χ1n) is 7.45. The molecule has 2 heterocycles. The second-order valence-corrected chi connectivity index (χ2v) is 5.52. The Balaban J connectivity index is 1.76. The molecule has 2 saturated heterocycles. The predicted octanol–water partition coefficient (Wildman–Crippen LogP) is 0.764. The van der Waals surface area contributed by atoms with E-state index >= 15 is 0 Å². The van der Waals surface area contributed by atoms with Gasteiger partial charge in [0.25, 0.3) is 0 Å². The van der Waals surface area contributed by atoms with Crippen molar-refractivity contribution in [2.75, 3.05) is 13.7 Å². The molecule has 2 fully saturated rings. The van der Waals surface area contributed by atoms with Crippen molar-refractivity contribution >= 4 is 5.97 Å². The van der Waals surface area contributed by atoms with Gasteiger partial charge in [-0.15, -0.1) is 0 Å². The highest BCUT2D eigenvalue weighted by atomic mass is 16.8. The van der Waals surface area contributed by atoms with Gasteiger partial charge in [-0.05, 0) is 0 Å². The number of hydrogen-bond acceptors (Lipinski definition) is 7. The van der Waals surface area contributed by atoms with Crippen molar-refractivity contribution in [2.45, 2.75) is 43.9 Å². The minimum absolute atomic E-state index is 0.244. The van der Waals surface area contributed by atoms with Crippen molar-refractivity contribution < 1.29 is 33.6 Å². The Morgan fingerprint density at radius 2 is 2.00 bits per heavy atom. The molecule has 0 radical (unpaired) electrons. The number of aliphatic hydroxyl groups excluding tert-OH is 1. The summed E-state index contributed by atoms with van der Waals surface area (Å²) in [5.41, 5.74) is 0.844. The molecule has 7 heteroatoms. The lowest BCUT2D eigenvalue weighted by Crippen LogP contribution is -2.63. The molecule has 1 N–H and O–H groups in total. The number of fused-ring (bicyclic) bond motifs is 1. The highest BCUT2D eigenvalue weighted by molar-refractivity contribution is 5.66. The summed E-state index contributed by atoms with van der Waals surface area (Å²) < 4.78 is 27.5. The first kappa shape index (κ1) is 16.4. The predicted molar refractivity (Wildman–Crippen MR) is 77.2 cm³/mol. The van der Waals surface area contributed by atoms with Crippen molar-refractivity contribution in [1.82, 2.24) is 0 Å². The fourth-order valence-electron chi connectivity index (χ4n) is 2.85. The van der Waals surface area contributed by atoms with Crippen molar-refractivity contribution in [2.24, 2.45) is 0 Å². The van der Waals surface area contributed by atoms with Crippen LogP contribution in [0.5, 0.6) is 0 Å². The number of carbonyl (C=O) groups is 1. The summed E-state index contributed by atoms with van der Waals surface area (Å²) in [6.07, 6.45) is -4.67. The number of hydrogen-bond donors (Lipinski definition) is 1. The van der Waals surface area contributed by atoms with Gasteiger partial charge in [-0.1, -0.05) is 30.3 Å². The molecule has 0 spiro atoms. The normalized spacial score (nSPS) is 37.0. The van der Waals surface area contributed by atoms with Crippen molar-refractivity contribution in [3.05, 3.63) is 35.9 Å². The molecule has 0 amide bonds. The molecule has 23 heavy (non-hydrogen) atoms. The van der Waals surface area contributed by atoms with Crippen LogP contribution in [-0.2, 0) is 28.5 Å². The third-order valence-electron chi connectivity index (χ3n) is 3.92. The fraction of sp³-hybridized carbons (Fsp3) is 0.562. The van der Waals surface area contributed by atoms with Gasteiger partial charge in [0.15, 0.2) is 18.7 Å². The zero-order valence-electron chi connectivity index (χ0n) is 13.0. The van der Waals surface area contributed by atoms with E-state index in [9.17, 15) is 9.90 Å². The van der Waals surface area contributed by atoms with Crippen LogP contribution >= 0.6 is 0 Å². The lowest BCUT2D eigenvalue weighted by Gasteiger charge is -2.46. The monoisotopic (exact) mass is 324 g/mol. The van der Waals surface area contributed by atoms with Gasteiger partial charge in [-0.25, -0.2) is 0 Å². The van der Waals surface area contributed by atoms with Crippen LogP contribution < -0.4 is 0 Å². The molecule has 0 aromatic heterocycles. The van der Waals surface area contributed by atoms with Gasteiger partial charge in [-0.3, -0.25) is 4.79 Å². The lowest BCUT2D eigenvalue weighted by molar-refractivity contribution is -0.358. The van der Waals surface area contributed by atoms with E-state index in [0.717, 1.165) is 5.56 Å². The molecule has 2 aliphatic rings. The van der Waals surface area contributed by atoms with Crippen molar-refractivity contribution in [3.63, 3.8) is 0 Å². The van der Waals surface area contributed by atoms with Gasteiger partial charge in [-0.2, -0.15) is 0 Å². The topological polar surface area (TPSA) is 83.5 Å². The molecule has 0 aliphatic carbocycles. The zero-order valence-corrected chi connectivity index (χ0v) is 13.0. The summed E-state index contributed by atoms with van der Waals surface area (Å²) in [4.78, 5) is 11.3. The Morgan fingerprint density at radius 3 is 2.65 bits per heavy atom. The minimum Gasteiger partial charge on any atom is -0.454 e. The Hall–Kier alpha value is -1.51. The van der Waals surface area contributed by atoms with E-state index in [2.05, 4.69) is 0 Å². The number of carbonyl (C=O) groups excluding carboxylic acids is 1. The maximum Gasteiger partial charge on any atom is 0.303 e. The average molecular weight is 324 g/mol. The molecule has 1 aromatic rings. The Morgan fingerprint density at radius 1 is 1.26 bits per heavy atom. The molecular weight excluding hydrogens is 304 g/mol. The number of methoxy groups -OCH3 is 1. The van der Waals surface area contributed by atoms with Crippen LogP contribution in [0.4, 0.5) is 0 Å². The van der Waals surface area contributed by atoms with Gasteiger partial charge in [0, 0.05) is 19.6 Å². The second-order valence-electron chi connectivity index (χ2n) is 5.52. The Kier molecular flexibility index (Phi) is 4.93. The van der Waals surface area contributed by atoms with Gasteiger partial charge in [0.05, 0.1) is 6.61 Å². The molecule has 1 unspecified atom stereocenters.